The molecule has 4 aromatic heterocycles. The van der Waals surface area contributed by atoms with E-state index in [0.29, 0.717) is 0 Å². The summed E-state index contributed by atoms with van der Waals surface area (Å²) < 4.78 is 1.97. The Bertz CT molecular complexity index is 1250. The van der Waals surface area contributed by atoms with Gasteiger partial charge in [-0.05, 0) is 41.4 Å². The molecule has 0 bridgehead atoms. The van der Waals surface area contributed by atoms with Gasteiger partial charge in [-0.1, -0.05) is 18.2 Å². The summed E-state index contributed by atoms with van der Waals surface area (Å²) in [6.45, 7) is 0. The first-order valence-electron chi connectivity index (χ1n) is 8.56. The molecule has 28 heavy (non-hydrogen) atoms. The van der Waals surface area contributed by atoms with Crippen LogP contribution in [0.1, 0.15) is 0 Å². The highest BCUT2D eigenvalue weighted by molar-refractivity contribution is 7.99. The average Bonchev–Trinajstić information content (AvgIpc) is 3.39. The molecule has 6 nitrogen and oxygen atoms in total. The molecule has 0 aliphatic heterocycles. The second-order valence-electron chi connectivity index (χ2n) is 6.08. The van der Waals surface area contributed by atoms with Crippen LogP contribution >= 0.6 is 23.1 Å². The molecule has 0 aliphatic carbocycles. The third-order valence-corrected chi connectivity index (χ3v) is 6.03. The van der Waals surface area contributed by atoms with Crippen LogP contribution in [0.25, 0.3) is 33.7 Å². The number of pyridine rings is 1. The molecule has 8 heteroatoms. The van der Waals surface area contributed by atoms with Gasteiger partial charge in [-0.25, -0.2) is 9.97 Å². The summed E-state index contributed by atoms with van der Waals surface area (Å²) in [5.74, 6) is 1.51. The lowest BCUT2D eigenvalue weighted by atomic mass is 10.2. The second-order valence-corrected chi connectivity index (χ2v) is 7.82. The van der Waals surface area contributed by atoms with E-state index in [4.69, 9.17) is 9.97 Å². The van der Waals surface area contributed by atoms with Crippen molar-refractivity contribution in [2.45, 2.75) is 10.2 Å². The van der Waals surface area contributed by atoms with Gasteiger partial charge in [0.1, 0.15) is 5.03 Å². The van der Waals surface area contributed by atoms with E-state index >= 15 is 0 Å². The van der Waals surface area contributed by atoms with Crippen molar-refractivity contribution in [1.82, 2.24) is 29.7 Å². The first-order chi connectivity index (χ1) is 13.8. The summed E-state index contributed by atoms with van der Waals surface area (Å²) in [5, 5.41) is 15.5. The molecule has 0 amide bonds. The van der Waals surface area contributed by atoms with E-state index in [9.17, 15) is 0 Å². The van der Waals surface area contributed by atoms with Crippen LogP contribution in [0.2, 0.25) is 0 Å². The molecule has 0 unspecified atom stereocenters. The van der Waals surface area contributed by atoms with Crippen molar-refractivity contribution in [2.24, 2.45) is 7.05 Å². The van der Waals surface area contributed by atoms with Gasteiger partial charge in [0.05, 0.1) is 5.52 Å². The van der Waals surface area contributed by atoms with Gasteiger partial charge < -0.3 is 4.57 Å². The molecule has 0 radical (unpaired) electrons. The molecular weight excluding hydrogens is 388 g/mol. The number of aromatic nitrogens is 6. The zero-order valence-corrected chi connectivity index (χ0v) is 16.5. The molecule has 0 fully saturated rings. The van der Waals surface area contributed by atoms with Crippen LogP contribution in [0.3, 0.4) is 0 Å². The number of para-hydroxylation sites is 1. The molecule has 1 aromatic carbocycles. The maximum Gasteiger partial charge on any atom is 0.197 e. The smallest absolute Gasteiger partial charge is 0.197 e. The maximum atomic E-state index is 4.83. The van der Waals surface area contributed by atoms with Gasteiger partial charge in [0.15, 0.2) is 16.8 Å². The molecule has 0 N–H and O–H groups in total. The van der Waals surface area contributed by atoms with E-state index < -0.39 is 0 Å². The molecule has 5 rings (SSSR count). The highest BCUT2D eigenvalue weighted by Gasteiger charge is 2.16. The molecule has 0 saturated heterocycles. The van der Waals surface area contributed by atoms with Crippen molar-refractivity contribution in [3.63, 3.8) is 0 Å². The first-order valence-corrected chi connectivity index (χ1v) is 10.3. The van der Waals surface area contributed by atoms with Crippen LogP contribution in [0.15, 0.2) is 75.8 Å². The number of benzene rings is 1. The third-order valence-electron chi connectivity index (χ3n) is 4.31. The van der Waals surface area contributed by atoms with Gasteiger partial charge >= 0.3 is 0 Å². The van der Waals surface area contributed by atoms with E-state index in [1.807, 2.05) is 59.5 Å². The summed E-state index contributed by atoms with van der Waals surface area (Å²) in [5.41, 5.74) is 2.91. The lowest BCUT2D eigenvalue weighted by Crippen LogP contribution is -1.97. The van der Waals surface area contributed by atoms with Gasteiger partial charge in [0.25, 0.3) is 0 Å². The Balaban J connectivity index is 1.60. The Morgan fingerprint density at radius 2 is 1.79 bits per heavy atom. The fourth-order valence-electron chi connectivity index (χ4n) is 2.89. The van der Waals surface area contributed by atoms with Crippen molar-refractivity contribution in [3.8, 4) is 22.8 Å². The van der Waals surface area contributed by atoms with E-state index in [2.05, 4.69) is 20.6 Å². The lowest BCUT2D eigenvalue weighted by Gasteiger charge is -2.08. The minimum absolute atomic E-state index is 0.721. The van der Waals surface area contributed by atoms with Crippen molar-refractivity contribution >= 4 is 34.0 Å². The van der Waals surface area contributed by atoms with Crippen molar-refractivity contribution < 1.29 is 0 Å². The largest absolute Gasteiger partial charge is 0.305 e. The highest BCUT2D eigenvalue weighted by Crippen LogP contribution is 2.33. The van der Waals surface area contributed by atoms with Gasteiger partial charge in [0.2, 0.25) is 0 Å². The fourth-order valence-corrected chi connectivity index (χ4v) is 4.42. The molecular formula is C20H14N6S2. The number of rotatable bonds is 4. The average molecular weight is 403 g/mol. The maximum absolute atomic E-state index is 4.83. The number of hydrogen-bond donors (Lipinski definition) is 0. The summed E-state index contributed by atoms with van der Waals surface area (Å²) in [7, 11) is 1.96. The number of thiophene rings is 1. The Labute approximate surface area is 169 Å². The summed E-state index contributed by atoms with van der Waals surface area (Å²) in [6, 6.07) is 13.9. The summed E-state index contributed by atoms with van der Waals surface area (Å²) >= 11 is 3.13. The predicted octanol–water partition coefficient (Wildman–Crippen LogP) is 4.70. The second kappa shape index (κ2) is 7.14. The minimum Gasteiger partial charge on any atom is -0.305 e. The minimum atomic E-state index is 0.721. The quantitative estimate of drug-likeness (QED) is 0.406. The standard InChI is InChI=1S/C20H14N6S2/c1-26-18(13-6-9-21-10-7-13)24-25-20(26)28-19-15-4-2-3-5-16(15)22-17(23-19)14-8-11-27-12-14/h2-12H,1H3. The number of hydrogen-bond acceptors (Lipinski definition) is 7. The van der Waals surface area contributed by atoms with Crippen LogP contribution in [-0.4, -0.2) is 29.7 Å². The van der Waals surface area contributed by atoms with E-state index in [1.54, 1.807) is 23.7 Å². The third kappa shape index (κ3) is 3.06. The molecule has 4 heterocycles. The van der Waals surface area contributed by atoms with Gasteiger partial charge in [-0.2, -0.15) is 11.3 Å². The van der Waals surface area contributed by atoms with E-state index in [-0.39, 0.29) is 0 Å². The van der Waals surface area contributed by atoms with Crippen LogP contribution in [0.4, 0.5) is 0 Å². The molecule has 0 atom stereocenters. The summed E-state index contributed by atoms with van der Waals surface area (Å²) in [4.78, 5) is 13.6. The number of fused-ring (bicyclic) bond motifs is 1. The fraction of sp³-hybridized carbons (Fsp3) is 0.0500. The predicted molar refractivity (Wildman–Crippen MR) is 111 cm³/mol. The molecule has 136 valence electrons. The van der Waals surface area contributed by atoms with Crippen LogP contribution < -0.4 is 0 Å². The van der Waals surface area contributed by atoms with Crippen LogP contribution in [0.5, 0.6) is 0 Å². The topological polar surface area (TPSA) is 69.4 Å². The zero-order valence-electron chi connectivity index (χ0n) is 14.9. The summed E-state index contributed by atoms with van der Waals surface area (Å²) in [6.07, 6.45) is 3.50. The van der Waals surface area contributed by atoms with Crippen molar-refractivity contribution in [2.75, 3.05) is 0 Å². The first kappa shape index (κ1) is 17.0. The molecule has 0 aliphatic rings. The Kier molecular flexibility index (Phi) is 4.34. The normalized spacial score (nSPS) is 11.2. The van der Waals surface area contributed by atoms with Gasteiger partial charge in [-0.3, -0.25) is 4.98 Å². The van der Waals surface area contributed by atoms with E-state index in [1.165, 1.54) is 11.8 Å². The monoisotopic (exact) mass is 402 g/mol. The molecule has 0 spiro atoms. The Morgan fingerprint density at radius 1 is 0.929 bits per heavy atom. The van der Waals surface area contributed by atoms with Crippen LogP contribution in [-0.2, 0) is 7.05 Å². The van der Waals surface area contributed by atoms with Crippen molar-refractivity contribution in [1.29, 1.82) is 0 Å². The molecule has 5 aromatic rings. The van der Waals surface area contributed by atoms with E-state index in [0.717, 1.165) is 43.9 Å². The van der Waals surface area contributed by atoms with Crippen LogP contribution in [0, 0.1) is 0 Å². The van der Waals surface area contributed by atoms with Gasteiger partial charge in [0, 0.05) is 41.3 Å². The molecule has 0 saturated carbocycles. The van der Waals surface area contributed by atoms with Crippen molar-refractivity contribution in [3.05, 3.63) is 65.6 Å². The SMILES string of the molecule is Cn1c(Sc2nc(-c3ccsc3)nc3ccccc23)nnc1-c1ccncc1. The highest BCUT2D eigenvalue weighted by atomic mass is 32.2. The van der Waals surface area contributed by atoms with Gasteiger partial charge in [-0.15, -0.1) is 10.2 Å². The number of nitrogens with zero attached hydrogens (tertiary/aromatic N) is 6. The zero-order chi connectivity index (χ0) is 18.9. The Morgan fingerprint density at radius 3 is 2.61 bits per heavy atom. The lowest BCUT2D eigenvalue weighted by molar-refractivity contribution is 0.792. The Hall–Kier alpha value is -3.10.